The first-order valence-electron chi connectivity index (χ1n) is 5.63. The van der Waals surface area contributed by atoms with Crippen LogP contribution in [0.1, 0.15) is 15.9 Å². The Labute approximate surface area is 107 Å². The van der Waals surface area contributed by atoms with Crippen molar-refractivity contribution in [3.63, 3.8) is 0 Å². The quantitative estimate of drug-likeness (QED) is 0.660. The summed E-state index contributed by atoms with van der Waals surface area (Å²) in [5.74, 6) is 0.0319. The van der Waals surface area contributed by atoms with Gasteiger partial charge in [-0.1, -0.05) is 66.7 Å². The van der Waals surface area contributed by atoms with Gasteiger partial charge in [-0.05, 0) is 11.6 Å². The van der Waals surface area contributed by atoms with Gasteiger partial charge in [0.25, 0.3) is 0 Å². The molecule has 0 atom stereocenters. The van der Waals surface area contributed by atoms with Gasteiger partial charge < -0.3 is 5.11 Å². The number of rotatable bonds is 3. The lowest BCUT2D eigenvalue weighted by molar-refractivity contribution is 0.104. The SMILES string of the molecule is CO.O=C(C=Cc1ccccc1)c1ccccc1. The van der Waals surface area contributed by atoms with Crippen LogP contribution in [0.5, 0.6) is 0 Å². The normalized spacial score (nSPS) is 9.67. The van der Waals surface area contributed by atoms with Crippen LogP contribution in [0.3, 0.4) is 0 Å². The number of carbonyl (C=O) groups is 1. The highest BCUT2D eigenvalue weighted by molar-refractivity contribution is 6.06. The third kappa shape index (κ3) is 4.36. The summed E-state index contributed by atoms with van der Waals surface area (Å²) in [6.45, 7) is 0. The summed E-state index contributed by atoms with van der Waals surface area (Å²) in [5, 5.41) is 7.00. The van der Waals surface area contributed by atoms with E-state index in [1.165, 1.54) is 0 Å². The molecule has 0 spiro atoms. The van der Waals surface area contributed by atoms with Crippen LogP contribution in [0.4, 0.5) is 0 Å². The van der Waals surface area contributed by atoms with E-state index in [0.29, 0.717) is 0 Å². The molecule has 2 rings (SSSR count). The molecule has 2 aromatic carbocycles. The van der Waals surface area contributed by atoms with Gasteiger partial charge in [0.15, 0.2) is 5.78 Å². The van der Waals surface area contributed by atoms with Crippen molar-refractivity contribution in [2.45, 2.75) is 0 Å². The van der Waals surface area contributed by atoms with E-state index >= 15 is 0 Å². The van der Waals surface area contributed by atoms with Crippen LogP contribution in [-0.4, -0.2) is 18.0 Å². The average Bonchev–Trinajstić information content (AvgIpc) is 2.49. The zero-order chi connectivity index (χ0) is 13.2. The van der Waals surface area contributed by atoms with Gasteiger partial charge in [-0.2, -0.15) is 0 Å². The van der Waals surface area contributed by atoms with Gasteiger partial charge in [-0.25, -0.2) is 0 Å². The summed E-state index contributed by atoms with van der Waals surface area (Å²) in [7, 11) is 1.00. The summed E-state index contributed by atoms with van der Waals surface area (Å²) in [6.07, 6.45) is 3.43. The number of hydrogen-bond donors (Lipinski definition) is 1. The van der Waals surface area contributed by atoms with Crippen molar-refractivity contribution < 1.29 is 9.90 Å². The molecule has 0 saturated heterocycles. The van der Waals surface area contributed by atoms with Crippen LogP contribution in [0.2, 0.25) is 0 Å². The van der Waals surface area contributed by atoms with Gasteiger partial charge in [0.05, 0.1) is 0 Å². The number of aliphatic hydroxyl groups is 1. The highest BCUT2D eigenvalue weighted by Gasteiger charge is 1.98. The molecule has 0 aliphatic carbocycles. The fourth-order valence-corrected chi connectivity index (χ4v) is 1.43. The summed E-state index contributed by atoms with van der Waals surface area (Å²) >= 11 is 0. The van der Waals surface area contributed by atoms with Crippen molar-refractivity contribution >= 4 is 11.9 Å². The van der Waals surface area contributed by atoms with Gasteiger partial charge in [0.1, 0.15) is 0 Å². The van der Waals surface area contributed by atoms with Crippen LogP contribution in [0.25, 0.3) is 6.08 Å². The van der Waals surface area contributed by atoms with Gasteiger partial charge >= 0.3 is 0 Å². The summed E-state index contributed by atoms with van der Waals surface area (Å²) in [5.41, 5.74) is 1.75. The van der Waals surface area contributed by atoms with Crippen molar-refractivity contribution in [1.29, 1.82) is 0 Å². The van der Waals surface area contributed by atoms with E-state index in [2.05, 4.69) is 0 Å². The molecule has 0 aliphatic rings. The molecule has 0 aliphatic heterocycles. The second-order valence-electron chi connectivity index (χ2n) is 3.47. The molecular weight excluding hydrogens is 224 g/mol. The Bertz CT molecular complexity index is 487. The molecule has 18 heavy (non-hydrogen) atoms. The van der Waals surface area contributed by atoms with E-state index in [1.54, 1.807) is 6.08 Å². The van der Waals surface area contributed by atoms with E-state index < -0.39 is 0 Å². The number of benzene rings is 2. The number of carbonyl (C=O) groups excluding carboxylic acids is 1. The lowest BCUT2D eigenvalue weighted by Gasteiger charge is -1.94. The molecule has 2 nitrogen and oxygen atoms in total. The molecule has 0 bridgehead atoms. The monoisotopic (exact) mass is 240 g/mol. The Kier molecular flexibility index (Phi) is 6.15. The van der Waals surface area contributed by atoms with E-state index in [4.69, 9.17) is 5.11 Å². The molecule has 0 fully saturated rings. The Morgan fingerprint density at radius 3 is 1.94 bits per heavy atom. The zero-order valence-electron chi connectivity index (χ0n) is 10.3. The molecule has 1 N–H and O–H groups in total. The Hall–Kier alpha value is -2.19. The molecule has 0 saturated carbocycles. The predicted molar refractivity (Wildman–Crippen MR) is 74.4 cm³/mol. The minimum Gasteiger partial charge on any atom is -0.400 e. The minimum absolute atomic E-state index is 0.0319. The van der Waals surface area contributed by atoms with E-state index in [9.17, 15) is 4.79 Å². The molecule has 92 valence electrons. The third-order valence-electron chi connectivity index (χ3n) is 2.29. The van der Waals surface area contributed by atoms with Gasteiger partial charge in [0, 0.05) is 12.7 Å². The highest BCUT2D eigenvalue weighted by Crippen LogP contribution is 2.05. The van der Waals surface area contributed by atoms with E-state index in [1.807, 2.05) is 66.7 Å². The van der Waals surface area contributed by atoms with Crippen molar-refractivity contribution in [2.24, 2.45) is 0 Å². The lowest BCUT2D eigenvalue weighted by atomic mass is 10.1. The molecule has 2 aromatic rings. The van der Waals surface area contributed by atoms with Gasteiger partial charge in [-0.3, -0.25) is 4.79 Å². The van der Waals surface area contributed by atoms with E-state index in [-0.39, 0.29) is 5.78 Å². The van der Waals surface area contributed by atoms with Crippen molar-refractivity contribution in [1.82, 2.24) is 0 Å². The predicted octanol–water partition coefficient (Wildman–Crippen LogP) is 3.19. The zero-order valence-corrected chi connectivity index (χ0v) is 10.3. The first kappa shape index (κ1) is 13.9. The Balaban J connectivity index is 0.000000771. The summed E-state index contributed by atoms with van der Waals surface area (Å²) in [4.78, 5) is 11.7. The molecule has 2 heteroatoms. The van der Waals surface area contributed by atoms with Crippen LogP contribution in [0.15, 0.2) is 66.7 Å². The largest absolute Gasteiger partial charge is 0.400 e. The third-order valence-corrected chi connectivity index (χ3v) is 2.29. The maximum atomic E-state index is 11.7. The van der Waals surface area contributed by atoms with Crippen molar-refractivity contribution in [3.05, 3.63) is 77.9 Å². The van der Waals surface area contributed by atoms with Gasteiger partial charge in [-0.15, -0.1) is 0 Å². The average molecular weight is 240 g/mol. The fourth-order valence-electron chi connectivity index (χ4n) is 1.43. The second-order valence-corrected chi connectivity index (χ2v) is 3.47. The Morgan fingerprint density at radius 2 is 1.39 bits per heavy atom. The summed E-state index contributed by atoms with van der Waals surface area (Å²) in [6, 6.07) is 19.1. The highest BCUT2D eigenvalue weighted by atomic mass is 16.2. The van der Waals surface area contributed by atoms with Crippen LogP contribution >= 0.6 is 0 Å². The number of hydrogen-bond acceptors (Lipinski definition) is 2. The van der Waals surface area contributed by atoms with Crippen LogP contribution in [0, 0.1) is 0 Å². The smallest absolute Gasteiger partial charge is 0.185 e. The topological polar surface area (TPSA) is 37.3 Å². The summed E-state index contributed by atoms with van der Waals surface area (Å²) < 4.78 is 0. The molecule has 0 amide bonds. The van der Waals surface area contributed by atoms with Crippen LogP contribution < -0.4 is 0 Å². The minimum atomic E-state index is 0.0319. The fraction of sp³-hybridized carbons (Fsp3) is 0.0625. The number of aliphatic hydroxyl groups excluding tert-OH is 1. The van der Waals surface area contributed by atoms with Gasteiger partial charge in [0.2, 0.25) is 0 Å². The second kappa shape index (κ2) is 7.98. The maximum absolute atomic E-state index is 11.7. The maximum Gasteiger partial charge on any atom is 0.185 e. The van der Waals surface area contributed by atoms with Crippen molar-refractivity contribution in [2.75, 3.05) is 7.11 Å². The van der Waals surface area contributed by atoms with E-state index in [0.717, 1.165) is 18.2 Å². The first-order chi connectivity index (χ1) is 8.86. The lowest BCUT2D eigenvalue weighted by Crippen LogP contribution is -1.92. The standard InChI is InChI=1S/C15H12O.CH4O/c16-15(14-9-5-2-6-10-14)12-11-13-7-3-1-4-8-13;1-2/h1-12H;2H,1H3. The molecule has 0 aromatic heterocycles. The van der Waals surface area contributed by atoms with Crippen LogP contribution in [-0.2, 0) is 0 Å². The number of allylic oxidation sites excluding steroid dienone is 1. The first-order valence-corrected chi connectivity index (χ1v) is 5.63. The van der Waals surface area contributed by atoms with Crippen molar-refractivity contribution in [3.8, 4) is 0 Å². The molecular formula is C16H16O2. The number of ketones is 1. The molecule has 0 unspecified atom stereocenters. The molecule has 0 radical (unpaired) electrons. The molecule has 0 heterocycles. The Morgan fingerprint density at radius 1 is 0.889 bits per heavy atom.